The van der Waals surface area contributed by atoms with E-state index < -0.39 is 0 Å². The Hall–Kier alpha value is -2.00. The van der Waals surface area contributed by atoms with Crippen LogP contribution in [0.5, 0.6) is 0 Å². The fourth-order valence-electron chi connectivity index (χ4n) is 2.22. The Morgan fingerprint density at radius 3 is 2.20 bits per heavy atom. The predicted octanol–water partition coefficient (Wildman–Crippen LogP) is 4.97. The smallest absolute Gasteiger partial charge is 0.193 e. The normalized spacial score (nSPS) is 10.7. The Kier molecular flexibility index (Phi) is 3.36. The highest BCUT2D eigenvalue weighted by molar-refractivity contribution is 9.10. The van der Waals surface area contributed by atoms with E-state index in [0.717, 1.165) is 4.47 Å². The van der Waals surface area contributed by atoms with Gasteiger partial charge < -0.3 is 0 Å². The summed E-state index contributed by atoms with van der Waals surface area (Å²) in [5, 5.41) is 1.11. The van der Waals surface area contributed by atoms with Gasteiger partial charge in [0.05, 0.1) is 0 Å². The molecule has 98 valence electrons. The van der Waals surface area contributed by atoms with Gasteiger partial charge in [-0.25, -0.2) is 4.39 Å². The van der Waals surface area contributed by atoms with Gasteiger partial charge in [0.1, 0.15) is 5.82 Å². The molecule has 1 nitrogen and oxygen atoms in total. The van der Waals surface area contributed by atoms with Gasteiger partial charge in [-0.2, -0.15) is 0 Å². The van der Waals surface area contributed by atoms with Crippen molar-refractivity contribution in [2.75, 3.05) is 0 Å². The first-order valence-electron chi connectivity index (χ1n) is 6.14. The number of carbonyl (C=O) groups is 1. The summed E-state index contributed by atoms with van der Waals surface area (Å²) in [5.74, 6) is -0.415. The summed E-state index contributed by atoms with van der Waals surface area (Å²) in [7, 11) is 0. The van der Waals surface area contributed by atoms with Gasteiger partial charge in [0.25, 0.3) is 0 Å². The molecular formula is C17H10BrFO. The monoisotopic (exact) mass is 328 g/mol. The molecule has 20 heavy (non-hydrogen) atoms. The molecule has 0 amide bonds. The Bertz CT molecular complexity index is 794. The van der Waals surface area contributed by atoms with E-state index in [-0.39, 0.29) is 11.6 Å². The zero-order valence-corrected chi connectivity index (χ0v) is 12.0. The molecule has 0 aromatic heterocycles. The standard InChI is InChI=1S/C17H10BrFO/c18-12-7-5-11(6-8-12)17(20)15-9-10-16(19)14-4-2-1-3-13(14)15/h1-10H. The van der Waals surface area contributed by atoms with E-state index in [1.807, 2.05) is 12.1 Å². The molecule has 3 aromatic rings. The van der Waals surface area contributed by atoms with Crippen LogP contribution in [-0.4, -0.2) is 5.78 Å². The van der Waals surface area contributed by atoms with Crippen LogP contribution in [0.25, 0.3) is 10.8 Å². The van der Waals surface area contributed by atoms with Crippen LogP contribution in [-0.2, 0) is 0 Å². The summed E-state index contributed by atoms with van der Waals surface area (Å²) in [6.07, 6.45) is 0. The van der Waals surface area contributed by atoms with Gasteiger partial charge in [0, 0.05) is 21.0 Å². The number of carbonyl (C=O) groups excluding carboxylic acids is 1. The van der Waals surface area contributed by atoms with Crippen molar-refractivity contribution in [2.45, 2.75) is 0 Å². The van der Waals surface area contributed by atoms with E-state index in [9.17, 15) is 9.18 Å². The van der Waals surface area contributed by atoms with Gasteiger partial charge in [-0.1, -0.05) is 40.2 Å². The van der Waals surface area contributed by atoms with Crippen molar-refractivity contribution >= 4 is 32.5 Å². The van der Waals surface area contributed by atoms with E-state index in [1.165, 1.54) is 6.07 Å². The van der Waals surface area contributed by atoms with Gasteiger partial charge >= 0.3 is 0 Å². The summed E-state index contributed by atoms with van der Waals surface area (Å²) in [5.41, 5.74) is 1.11. The fraction of sp³-hybridized carbons (Fsp3) is 0. The van der Waals surface area contributed by atoms with Crippen LogP contribution >= 0.6 is 15.9 Å². The van der Waals surface area contributed by atoms with Gasteiger partial charge in [-0.15, -0.1) is 0 Å². The van der Waals surface area contributed by atoms with Crippen molar-refractivity contribution in [2.24, 2.45) is 0 Å². The SMILES string of the molecule is O=C(c1ccc(Br)cc1)c1ccc(F)c2ccccc12. The topological polar surface area (TPSA) is 17.1 Å². The molecule has 0 saturated carbocycles. The molecule has 0 aliphatic carbocycles. The van der Waals surface area contributed by atoms with E-state index in [4.69, 9.17) is 0 Å². The quantitative estimate of drug-likeness (QED) is 0.607. The number of rotatable bonds is 2. The average Bonchev–Trinajstić information content (AvgIpc) is 2.48. The van der Waals surface area contributed by atoms with Crippen LogP contribution in [0, 0.1) is 5.82 Å². The first kappa shape index (κ1) is 13.0. The number of hydrogen-bond acceptors (Lipinski definition) is 1. The Balaban J connectivity index is 2.17. The third-order valence-electron chi connectivity index (χ3n) is 3.22. The molecular weight excluding hydrogens is 319 g/mol. The summed E-state index contributed by atoms with van der Waals surface area (Å²) >= 11 is 3.34. The van der Waals surface area contributed by atoms with Crippen molar-refractivity contribution < 1.29 is 9.18 Å². The zero-order chi connectivity index (χ0) is 14.1. The molecule has 0 aliphatic heterocycles. The van der Waals surface area contributed by atoms with Crippen molar-refractivity contribution in [1.29, 1.82) is 0 Å². The van der Waals surface area contributed by atoms with E-state index in [2.05, 4.69) is 15.9 Å². The van der Waals surface area contributed by atoms with Gasteiger partial charge in [-0.05, 0) is 41.8 Å². The zero-order valence-electron chi connectivity index (χ0n) is 10.4. The summed E-state index contributed by atoms with van der Waals surface area (Å²) in [6.45, 7) is 0. The first-order chi connectivity index (χ1) is 9.66. The molecule has 0 fully saturated rings. The number of halogens is 2. The van der Waals surface area contributed by atoms with Crippen molar-refractivity contribution in [3.05, 3.63) is 82.1 Å². The molecule has 0 bridgehead atoms. The highest BCUT2D eigenvalue weighted by Gasteiger charge is 2.14. The van der Waals surface area contributed by atoms with E-state index >= 15 is 0 Å². The van der Waals surface area contributed by atoms with Crippen molar-refractivity contribution in [3.63, 3.8) is 0 Å². The van der Waals surface area contributed by atoms with Gasteiger partial charge in [0.15, 0.2) is 5.78 Å². The minimum Gasteiger partial charge on any atom is -0.289 e. The number of ketones is 1. The minimum absolute atomic E-state index is 0.103. The maximum atomic E-state index is 13.8. The molecule has 0 spiro atoms. The third kappa shape index (κ3) is 2.25. The predicted molar refractivity (Wildman–Crippen MR) is 81.5 cm³/mol. The average molecular weight is 329 g/mol. The Labute approximate surface area is 124 Å². The lowest BCUT2D eigenvalue weighted by atomic mass is 9.97. The number of hydrogen-bond donors (Lipinski definition) is 0. The second kappa shape index (κ2) is 5.17. The third-order valence-corrected chi connectivity index (χ3v) is 3.75. The van der Waals surface area contributed by atoms with E-state index in [0.29, 0.717) is 21.9 Å². The summed E-state index contributed by atoms with van der Waals surface area (Å²) in [4.78, 5) is 12.5. The Morgan fingerprint density at radius 2 is 1.50 bits per heavy atom. The van der Waals surface area contributed by atoms with Gasteiger partial charge in [0.2, 0.25) is 0 Å². The maximum Gasteiger partial charge on any atom is 0.193 e. The minimum atomic E-state index is -0.312. The van der Waals surface area contributed by atoms with Crippen LogP contribution in [0.3, 0.4) is 0 Å². The lowest BCUT2D eigenvalue weighted by molar-refractivity contribution is 0.104. The second-order valence-corrected chi connectivity index (χ2v) is 5.39. The fourth-order valence-corrected chi connectivity index (χ4v) is 2.48. The second-order valence-electron chi connectivity index (χ2n) is 4.48. The summed E-state index contributed by atoms with van der Waals surface area (Å²) in [6, 6.07) is 17.1. The van der Waals surface area contributed by atoms with Crippen LogP contribution in [0.15, 0.2) is 65.1 Å². The number of benzene rings is 3. The van der Waals surface area contributed by atoms with Crippen LogP contribution in [0.2, 0.25) is 0 Å². The highest BCUT2D eigenvalue weighted by atomic mass is 79.9. The lowest BCUT2D eigenvalue weighted by Gasteiger charge is -2.07. The Morgan fingerprint density at radius 1 is 0.850 bits per heavy atom. The molecule has 0 unspecified atom stereocenters. The molecule has 0 radical (unpaired) electrons. The van der Waals surface area contributed by atoms with Crippen LogP contribution < -0.4 is 0 Å². The molecule has 0 aliphatic rings. The molecule has 0 N–H and O–H groups in total. The molecule has 3 aromatic carbocycles. The molecule has 3 rings (SSSR count). The maximum absolute atomic E-state index is 13.8. The molecule has 0 saturated heterocycles. The largest absolute Gasteiger partial charge is 0.289 e. The molecule has 3 heteroatoms. The van der Waals surface area contributed by atoms with Gasteiger partial charge in [-0.3, -0.25) is 4.79 Å². The van der Waals surface area contributed by atoms with Crippen LogP contribution in [0.4, 0.5) is 4.39 Å². The first-order valence-corrected chi connectivity index (χ1v) is 6.93. The molecule has 0 atom stereocenters. The summed E-state index contributed by atoms with van der Waals surface area (Å²) < 4.78 is 14.7. The number of fused-ring (bicyclic) bond motifs is 1. The lowest BCUT2D eigenvalue weighted by Crippen LogP contribution is -2.02. The van der Waals surface area contributed by atoms with Crippen LogP contribution in [0.1, 0.15) is 15.9 Å². The van der Waals surface area contributed by atoms with Crippen molar-refractivity contribution in [1.82, 2.24) is 0 Å². The highest BCUT2D eigenvalue weighted by Crippen LogP contribution is 2.24. The van der Waals surface area contributed by atoms with Crippen molar-refractivity contribution in [3.8, 4) is 0 Å². The molecule has 0 heterocycles. The van der Waals surface area contributed by atoms with E-state index in [1.54, 1.807) is 42.5 Å².